The van der Waals surface area contributed by atoms with Crippen LogP contribution in [-0.4, -0.2) is 32.8 Å². The third-order valence-corrected chi connectivity index (χ3v) is 1.68. The monoisotopic (exact) mass is 172 g/mol. The van der Waals surface area contributed by atoms with Crippen LogP contribution in [-0.2, 0) is 4.74 Å². The fourth-order valence-corrected chi connectivity index (χ4v) is 1.06. The molecule has 72 valence electrons. The highest BCUT2D eigenvalue weighted by atomic mass is 16.5. The van der Waals surface area contributed by atoms with Gasteiger partial charge in [-0.05, 0) is 19.4 Å². The number of nitrogens with one attached hydrogen (secondary N) is 1. The van der Waals surface area contributed by atoms with E-state index >= 15 is 0 Å². The highest BCUT2D eigenvalue weighted by Crippen LogP contribution is 1.96. The molecule has 0 fully saturated rings. The predicted molar refractivity (Wildman–Crippen MR) is 52.2 cm³/mol. The van der Waals surface area contributed by atoms with E-state index in [-0.39, 0.29) is 0 Å². The van der Waals surface area contributed by atoms with E-state index in [0.29, 0.717) is 6.04 Å². The van der Waals surface area contributed by atoms with Crippen LogP contribution in [0.5, 0.6) is 0 Å². The van der Waals surface area contributed by atoms with Gasteiger partial charge in [0.2, 0.25) is 0 Å². The van der Waals surface area contributed by atoms with E-state index in [4.69, 9.17) is 10.5 Å². The van der Waals surface area contributed by atoms with Crippen molar-refractivity contribution >= 4 is 0 Å². The van der Waals surface area contributed by atoms with Gasteiger partial charge in [0.1, 0.15) is 0 Å². The Balaban J connectivity index is 3.46. The third-order valence-electron chi connectivity index (χ3n) is 1.68. The molecule has 0 bridgehead atoms. The lowest BCUT2D eigenvalue weighted by molar-refractivity contribution is 0.163. The van der Waals surface area contributed by atoms with Crippen LogP contribution in [0.4, 0.5) is 0 Å². The van der Waals surface area contributed by atoms with Gasteiger partial charge in [0, 0.05) is 19.7 Å². The van der Waals surface area contributed by atoms with Gasteiger partial charge in [-0.3, -0.25) is 0 Å². The summed E-state index contributed by atoms with van der Waals surface area (Å²) in [5, 5.41) is 3.31. The number of methoxy groups -OCH3 is 1. The summed E-state index contributed by atoms with van der Waals surface area (Å²) in [6.07, 6.45) is 3.96. The van der Waals surface area contributed by atoms with Crippen LogP contribution < -0.4 is 11.1 Å². The maximum absolute atomic E-state index is 5.41. The minimum absolute atomic E-state index is 0.413. The molecule has 1 unspecified atom stereocenters. The summed E-state index contributed by atoms with van der Waals surface area (Å²) in [5.74, 6) is 0. The van der Waals surface area contributed by atoms with Gasteiger partial charge >= 0.3 is 0 Å². The van der Waals surface area contributed by atoms with Gasteiger partial charge in [-0.2, -0.15) is 0 Å². The Hall–Kier alpha value is -0.380. The quantitative estimate of drug-likeness (QED) is 0.525. The molecule has 0 saturated heterocycles. The van der Waals surface area contributed by atoms with Crippen LogP contribution in [0.3, 0.4) is 0 Å². The van der Waals surface area contributed by atoms with Gasteiger partial charge in [-0.1, -0.05) is 6.08 Å². The van der Waals surface area contributed by atoms with Crippen molar-refractivity contribution in [3.8, 4) is 0 Å². The van der Waals surface area contributed by atoms with Crippen LogP contribution in [0.1, 0.15) is 12.8 Å². The zero-order valence-electron chi connectivity index (χ0n) is 7.88. The normalized spacial score (nSPS) is 12.8. The number of hydrogen-bond donors (Lipinski definition) is 2. The van der Waals surface area contributed by atoms with Gasteiger partial charge in [0.25, 0.3) is 0 Å². The van der Waals surface area contributed by atoms with E-state index in [9.17, 15) is 0 Å². The third kappa shape index (κ3) is 6.34. The van der Waals surface area contributed by atoms with Crippen molar-refractivity contribution in [3.63, 3.8) is 0 Å². The smallest absolute Gasteiger partial charge is 0.0615 e. The minimum Gasteiger partial charge on any atom is -0.383 e. The second-order valence-corrected chi connectivity index (χ2v) is 2.78. The van der Waals surface area contributed by atoms with Crippen molar-refractivity contribution in [2.24, 2.45) is 5.73 Å². The summed E-state index contributed by atoms with van der Waals surface area (Å²) in [5.41, 5.74) is 5.41. The lowest BCUT2D eigenvalue weighted by atomic mass is 10.1. The first kappa shape index (κ1) is 11.6. The fraction of sp³-hybridized carbons (Fsp3) is 0.778. The van der Waals surface area contributed by atoms with Crippen molar-refractivity contribution in [3.05, 3.63) is 12.7 Å². The Labute approximate surface area is 75.0 Å². The molecule has 3 N–H and O–H groups in total. The average molecular weight is 172 g/mol. The topological polar surface area (TPSA) is 47.3 Å². The first-order chi connectivity index (χ1) is 5.85. The standard InChI is InChI=1S/C9H20N2O/c1-3-7-11-9(8-12-2)5-4-6-10/h3,9,11H,1,4-8,10H2,2H3. The molecular formula is C9H20N2O. The van der Waals surface area contributed by atoms with E-state index in [0.717, 1.165) is 32.5 Å². The van der Waals surface area contributed by atoms with E-state index in [1.165, 1.54) is 0 Å². The summed E-state index contributed by atoms with van der Waals surface area (Å²) >= 11 is 0. The average Bonchev–Trinajstić information content (AvgIpc) is 2.10. The van der Waals surface area contributed by atoms with Crippen LogP contribution in [0.2, 0.25) is 0 Å². The summed E-state index contributed by atoms with van der Waals surface area (Å²) in [6, 6.07) is 0.413. The molecule has 0 aliphatic rings. The molecule has 0 aliphatic carbocycles. The SMILES string of the molecule is C=CCNC(CCCN)COC. The van der Waals surface area contributed by atoms with Gasteiger partial charge in [0.15, 0.2) is 0 Å². The Morgan fingerprint density at radius 3 is 2.92 bits per heavy atom. The molecule has 0 saturated carbocycles. The zero-order valence-corrected chi connectivity index (χ0v) is 7.88. The zero-order chi connectivity index (χ0) is 9.23. The molecule has 0 aromatic heterocycles. The molecule has 0 radical (unpaired) electrons. The molecule has 0 heterocycles. The van der Waals surface area contributed by atoms with Crippen molar-refractivity contribution in [2.75, 3.05) is 26.8 Å². The molecule has 0 aromatic carbocycles. The number of rotatable bonds is 8. The van der Waals surface area contributed by atoms with E-state index in [1.54, 1.807) is 7.11 Å². The fourth-order valence-electron chi connectivity index (χ4n) is 1.06. The molecule has 0 aliphatic heterocycles. The molecule has 0 rings (SSSR count). The van der Waals surface area contributed by atoms with Crippen LogP contribution >= 0.6 is 0 Å². The Morgan fingerprint density at radius 1 is 1.67 bits per heavy atom. The highest BCUT2D eigenvalue weighted by Gasteiger charge is 2.04. The molecule has 0 amide bonds. The Kier molecular flexibility index (Phi) is 8.44. The number of ether oxygens (including phenoxy) is 1. The molecule has 0 aromatic rings. The molecule has 3 nitrogen and oxygen atoms in total. The van der Waals surface area contributed by atoms with Crippen molar-refractivity contribution in [2.45, 2.75) is 18.9 Å². The molecular weight excluding hydrogens is 152 g/mol. The van der Waals surface area contributed by atoms with E-state index in [2.05, 4.69) is 11.9 Å². The molecule has 3 heteroatoms. The van der Waals surface area contributed by atoms with Crippen LogP contribution in [0, 0.1) is 0 Å². The van der Waals surface area contributed by atoms with Gasteiger partial charge < -0.3 is 15.8 Å². The van der Waals surface area contributed by atoms with E-state index < -0.39 is 0 Å². The summed E-state index contributed by atoms with van der Waals surface area (Å²) in [4.78, 5) is 0. The number of nitrogens with two attached hydrogens (primary N) is 1. The summed E-state index contributed by atoms with van der Waals surface area (Å²) in [7, 11) is 1.71. The molecule has 1 atom stereocenters. The Bertz CT molecular complexity index is 107. The lowest BCUT2D eigenvalue weighted by Crippen LogP contribution is -2.33. The maximum Gasteiger partial charge on any atom is 0.0615 e. The highest BCUT2D eigenvalue weighted by molar-refractivity contribution is 4.75. The van der Waals surface area contributed by atoms with Gasteiger partial charge in [-0.25, -0.2) is 0 Å². The molecule has 12 heavy (non-hydrogen) atoms. The second kappa shape index (κ2) is 8.71. The van der Waals surface area contributed by atoms with Crippen LogP contribution in [0.15, 0.2) is 12.7 Å². The maximum atomic E-state index is 5.41. The first-order valence-electron chi connectivity index (χ1n) is 4.38. The first-order valence-corrected chi connectivity index (χ1v) is 4.38. The van der Waals surface area contributed by atoms with Gasteiger partial charge in [-0.15, -0.1) is 6.58 Å². The predicted octanol–water partition coefficient (Wildman–Crippen LogP) is 0.516. The summed E-state index contributed by atoms with van der Waals surface area (Å²) < 4.78 is 5.06. The minimum atomic E-state index is 0.413. The second-order valence-electron chi connectivity index (χ2n) is 2.78. The Morgan fingerprint density at radius 2 is 2.42 bits per heavy atom. The van der Waals surface area contributed by atoms with Crippen molar-refractivity contribution in [1.82, 2.24) is 5.32 Å². The van der Waals surface area contributed by atoms with Crippen molar-refractivity contribution < 1.29 is 4.74 Å². The largest absolute Gasteiger partial charge is 0.383 e. The van der Waals surface area contributed by atoms with Crippen molar-refractivity contribution in [1.29, 1.82) is 0 Å². The molecule has 0 spiro atoms. The summed E-state index contributed by atoms with van der Waals surface area (Å²) in [6.45, 7) is 5.97. The van der Waals surface area contributed by atoms with E-state index in [1.807, 2.05) is 6.08 Å². The van der Waals surface area contributed by atoms with Crippen LogP contribution in [0.25, 0.3) is 0 Å². The number of hydrogen-bond acceptors (Lipinski definition) is 3. The van der Waals surface area contributed by atoms with Gasteiger partial charge in [0.05, 0.1) is 6.61 Å². The lowest BCUT2D eigenvalue weighted by Gasteiger charge is -2.15.